The Balaban J connectivity index is 1.98. The Kier molecular flexibility index (Phi) is 11.8. The first-order chi connectivity index (χ1) is 23.4. The summed E-state index contributed by atoms with van der Waals surface area (Å²) in [5, 5.41) is 58.6. The molecule has 0 saturated carbocycles. The minimum absolute atomic E-state index is 0.0141. The van der Waals surface area contributed by atoms with Gasteiger partial charge in [-0.2, -0.15) is 9.64 Å². The largest absolute Gasteiger partial charge is 0.293 e. The summed E-state index contributed by atoms with van der Waals surface area (Å²) >= 11 is 2.59. The van der Waals surface area contributed by atoms with Gasteiger partial charge in [-0.1, -0.05) is 53.3 Å². The molecule has 1 heterocycles. The van der Waals surface area contributed by atoms with Gasteiger partial charge in [0.2, 0.25) is 0 Å². The molecular formula is C32H34N6O10S3. The number of Topliss-reactive ketones (excluding diaryl/α,β-unsaturated/α-hetero) is 2. The van der Waals surface area contributed by atoms with E-state index in [-0.39, 0.29) is 70.8 Å². The fraction of sp³-hybridized carbons (Fsp3) is 0.438. The Labute approximate surface area is 304 Å². The topological polar surface area (TPSA) is 243 Å². The van der Waals surface area contributed by atoms with Gasteiger partial charge in [0, 0.05) is 44.2 Å². The monoisotopic (exact) mass is 758 g/mol. The lowest BCUT2D eigenvalue weighted by atomic mass is 9.80. The van der Waals surface area contributed by atoms with Crippen LogP contribution in [-0.2, 0) is 10.8 Å². The maximum atomic E-state index is 13.5. The Morgan fingerprint density at radius 1 is 0.667 bits per heavy atom. The molecule has 3 rings (SSSR count). The summed E-state index contributed by atoms with van der Waals surface area (Å²) in [5.74, 6) is -2.03. The molecule has 0 aliphatic carbocycles. The molecule has 1 aromatic heterocycles. The van der Waals surface area contributed by atoms with Crippen LogP contribution in [0.3, 0.4) is 0 Å². The fourth-order valence-corrected chi connectivity index (χ4v) is 8.98. The van der Waals surface area contributed by atoms with Crippen LogP contribution in [0.1, 0.15) is 101 Å². The molecular weight excluding hydrogens is 725 g/mol. The maximum absolute atomic E-state index is 13.5. The number of ketones is 2. The van der Waals surface area contributed by atoms with Crippen molar-refractivity contribution in [3.05, 3.63) is 90.5 Å². The average Bonchev–Trinajstić information content (AvgIpc) is 3.38. The summed E-state index contributed by atoms with van der Waals surface area (Å²) in [6, 6.07) is 1.99. The number of carbonyl (C=O) groups is 2. The number of nitrogens with zero attached hydrogens (tertiary/aromatic N) is 6. The van der Waals surface area contributed by atoms with Crippen LogP contribution in [0.5, 0.6) is 0 Å². The van der Waals surface area contributed by atoms with Crippen LogP contribution in [0.15, 0.2) is 9.24 Å². The standard InChI is InChI=1S/C32H34N6O10S3/c1-14-21(15(2)26(36(43)44)23(31(5,6)7)25(14)35(41)42)19(39)12-49-29-18(11-33)30(51-34-29)50-13-20(40)22-16(3)27(37(45)46)24(32(8,9)10)28(17(22)4)38(47)48/h12-13H2,1-10H3. The molecule has 0 bridgehead atoms. The van der Waals surface area contributed by atoms with E-state index in [9.17, 15) is 55.3 Å². The third-order valence-corrected chi connectivity index (χ3v) is 11.3. The van der Waals surface area contributed by atoms with E-state index in [1.807, 2.05) is 6.07 Å². The van der Waals surface area contributed by atoms with Gasteiger partial charge in [-0.3, -0.25) is 50.0 Å². The van der Waals surface area contributed by atoms with E-state index in [0.29, 0.717) is 0 Å². The van der Waals surface area contributed by atoms with Crippen LogP contribution in [0.25, 0.3) is 0 Å². The normalized spacial score (nSPS) is 11.6. The quantitative estimate of drug-likeness (QED) is 0.0728. The third-order valence-electron chi connectivity index (χ3n) is 8.07. The molecule has 0 atom stereocenters. The number of benzene rings is 2. The summed E-state index contributed by atoms with van der Waals surface area (Å²) in [6.07, 6.45) is 0. The zero-order valence-electron chi connectivity index (χ0n) is 29.4. The van der Waals surface area contributed by atoms with Crippen molar-refractivity contribution in [2.24, 2.45) is 0 Å². The van der Waals surface area contributed by atoms with Gasteiger partial charge in [0.15, 0.2) is 11.6 Å². The van der Waals surface area contributed by atoms with Gasteiger partial charge in [-0.05, 0) is 39.2 Å². The molecule has 0 unspecified atom stereocenters. The maximum Gasteiger partial charge on any atom is 0.283 e. The van der Waals surface area contributed by atoms with Crippen LogP contribution in [0.2, 0.25) is 0 Å². The van der Waals surface area contributed by atoms with Crippen LogP contribution >= 0.6 is 35.1 Å². The summed E-state index contributed by atoms with van der Waals surface area (Å²) in [5.41, 5.74) is -4.62. The molecule has 0 spiro atoms. The first-order valence-corrected chi connectivity index (χ1v) is 17.8. The summed E-state index contributed by atoms with van der Waals surface area (Å²) in [7, 11) is 0. The minimum atomic E-state index is -0.995. The molecule has 270 valence electrons. The molecule has 51 heavy (non-hydrogen) atoms. The highest BCUT2D eigenvalue weighted by atomic mass is 32.2. The lowest BCUT2D eigenvalue weighted by molar-refractivity contribution is -0.397. The molecule has 19 heteroatoms. The van der Waals surface area contributed by atoms with E-state index < -0.39 is 64.8 Å². The molecule has 0 N–H and O–H groups in total. The predicted octanol–water partition coefficient (Wildman–Crippen LogP) is 8.43. The zero-order valence-corrected chi connectivity index (χ0v) is 31.9. The highest BCUT2D eigenvalue weighted by Crippen LogP contribution is 2.47. The molecule has 0 fully saturated rings. The average molecular weight is 759 g/mol. The van der Waals surface area contributed by atoms with Crippen molar-refractivity contribution in [1.82, 2.24) is 4.37 Å². The third kappa shape index (κ3) is 7.77. The summed E-state index contributed by atoms with van der Waals surface area (Å²) in [6.45, 7) is 15.1. The van der Waals surface area contributed by atoms with Crippen molar-refractivity contribution >= 4 is 69.4 Å². The van der Waals surface area contributed by atoms with Gasteiger partial charge in [0.1, 0.15) is 32.0 Å². The lowest BCUT2D eigenvalue weighted by Gasteiger charge is -2.22. The Morgan fingerprint density at radius 3 is 1.25 bits per heavy atom. The van der Waals surface area contributed by atoms with E-state index >= 15 is 0 Å². The lowest BCUT2D eigenvalue weighted by Crippen LogP contribution is -2.21. The van der Waals surface area contributed by atoms with E-state index in [1.165, 1.54) is 27.7 Å². The number of rotatable bonds is 12. The van der Waals surface area contributed by atoms with Crippen molar-refractivity contribution in [2.75, 3.05) is 11.5 Å². The first kappa shape index (κ1) is 40.6. The molecule has 0 aliphatic rings. The summed E-state index contributed by atoms with van der Waals surface area (Å²) < 4.78 is 4.51. The van der Waals surface area contributed by atoms with Gasteiger partial charge in [0.25, 0.3) is 22.7 Å². The zero-order chi connectivity index (χ0) is 39.1. The van der Waals surface area contributed by atoms with Gasteiger partial charge in [0.05, 0.1) is 31.2 Å². The second kappa shape index (κ2) is 14.8. The van der Waals surface area contributed by atoms with Gasteiger partial charge in [-0.25, -0.2) is 0 Å². The van der Waals surface area contributed by atoms with Crippen molar-refractivity contribution in [3.8, 4) is 6.07 Å². The molecule has 16 nitrogen and oxygen atoms in total. The van der Waals surface area contributed by atoms with Gasteiger partial charge in [-0.15, -0.1) is 11.8 Å². The predicted molar refractivity (Wildman–Crippen MR) is 193 cm³/mol. The van der Waals surface area contributed by atoms with Crippen LogP contribution < -0.4 is 0 Å². The van der Waals surface area contributed by atoms with Crippen LogP contribution in [-0.4, -0.2) is 47.1 Å². The number of nitro groups is 4. The molecule has 2 aromatic carbocycles. The first-order valence-electron chi connectivity index (χ1n) is 15.0. The summed E-state index contributed by atoms with van der Waals surface area (Å²) in [4.78, 5) is 72.7. The number of aromatic nitrogens is 1. The molecule has 0 saturated heterocycles. The smallest absolute Gasteiger partial charge is 0.283 e. The number of carbonyl (C=O) groups excluding carboxylic acids is 2. The minimum Gasteiger partial charge on any atom is -0.293 e. The van der Waals surface area contributed by atoms with Crippen molar-refractivity contribution in [2.45, 2.75) is 89.3 Å². The number of nitriles is 1. The van der Waals surface area contributed by atoms with Gasteiger partial charge >= 0.3 is 0 Å². The highest BCUT2D eigenvalue weighted by Gasteiger charge is 2.42. The Morgan fingerprint density at radius 2 is 0.980 bits per heavy atom. The second-order valence-electron chi connectivity index (χ2n) is 13.6. The van der Waals surface area contributed by atoms with Crippen LogP contribution in [0, 0.1) is 79.5 Å². The molecule has 0 radical (unpaired) electrons. The van der Waals surface area contributed by atoms with Crippen molar-refractivity contribution < 1.29 is 29.3 Å². The Bertz CT molecular complexity index is 1870. The fourth-order valence-electron chi connectivity index (χ4n) is 6.14. The molecule has 0 amide bonds. The van der Waals surface area contributed by atoms with E-state index in [1.54, 1.807) is 41.5 Å². The molecule has 0 aliphatic heterocycles. The van der Waals surface area contributed by atoms with Crippen molar-refractivity contribution in [1.29, 1.82) is 5.26 Å². The Hall–Kier alpha value is -4.80. The highest BCUT2D eigenvalue weighted by molar-refractivity contribution is 8.02. The van der Waals surface area contributed by atoms with Crippen LogP contribution in [0.4, 0.5) is 22.7 Å². The SMILES string of the molecule is Cc1c(C(=O)CSc2nsc(SCC(=O)c3c(C)c([N+](=O)[O-])c(C(C)(C)C)c([N+](=O)[O-])c3C)c2C#N)c(C)c([N+](=O)[O-])c(C(C)(C)C)c1[N+](=O)[O-]. The number of nitro benzene ring substituents is 4. The van der Waals surface area contributed by atoms with E-state index in [0.717, 1.165) is 35.1 Å². The van der Waals surface area contributed by atoms with Gasteiger partial charge < -0.3 is 0 Å². The van der Waals surface area contributed by atoms with E-state index in [2.05, 4.69) is 4.37 Å². The van der Waals surface area contributed by atoms with Crippen molar-refractivity contribution in [3.63, 3.8) is 0 Å². The second-order valence-corrected chi connectivity index (χ2v) is 16.6. The number of hydrogen-bond donors (Lipinski definition) is 0. The van der Waals surface area contributed by atoms with E-state index in [4.69, 9.17) is 0 Å². The number of thioether (sulfide) groups is 2. The number of hydrogen-bond acceptors (Lipinski definition) is 15. The molecule has 3 aromatic rings.